The second kappa shape index (κ2) is 7.24. The number of likely N-dealkylation sites (tertiary alicyclic amines) is 1. The van der Waals surface area contributed by atoms with Crippen LogP contribution in [-0.2, 0) is 4.74 Å². The summed E-state index contributed by atoms with van der Waals surface area (Å²) in [5.74, 6) is 0. The molecule has 0 aromatic carbocycles. The number of ether oxygens (including phenoxy) is 1. The van der Waals surface area contributed by atoms with E-state index in [2.05, 4.69) is 10.2 Å². The van der Waals surface area contributed by atoms with Crippen molar-refractivity contribution in [3.8, 4) is 0 Å². The first-order valence-electron chi connectivity index (χ1n) is 8.97. The van der Waals surface area contributed by atoms with E-state index in [4.69, 9.17) is 4.74 Å². The van der Waals surface area contributed by atoms with Crippen molar-refractivity contribution >= 4 is 0 Å². The van der Waals surface area contributed by atoms with E-state index in [0.717, 1.165) is 13.1 Å². The van der Waals surface area contributed by atoms with Crippen molar-refractivity contribution in [1.82, 2.24) is 10.2 Å². The number of nitrogens with zero attached hydrogens (tertiary/aromatic N) is 1. The Balaban J connectivity index is 1.26. The molecule has 2 heterocycles. The lowest BCUT2D eigenvalue weighted by Crippen LogP contribution is -2.35. The molecule has 1 N–H and O–H groups in total. The molecule has 0 amide bonds. The lowest BCUT2D eigenvalue weighted by atomic mass is 9.83. The van der Waals surface area contributed by atoms with Gasteiger partial charge < -0.3 is 15.0 Å². The van der Waals surface area contributed by atoms with E-state index in [9.17, 15) is 0 Å². The highest BCUT2D eigenvalue weighted by Gasteiger charge is 2.40. The average Bonchev–Trinajstić information content (AvgIpc) is 3.10. The van der Waals surface area contributed by atoms with Gasteiger partial charge in [0.05, 0.1) is 11.7 Å². The molecule has 1 aliphatic carbocycles. The number of hydrogen-bond acceptors (Lipinski definition) is 3. The highest BCUT2D eigenvalue weighted by atomic mass is 16.5. The monoisotopic (exact) mass is 280 g/mol. The Morgan fingerprint density at radius 2 is 1.80 bits per heavy atom. The minimum Gasteiger partial charge on any atom is -0.370 e. The van der Waals surface area contributed by atoms with Crippen LogP contribution in [0.2, 0.25) is 0 Å². The maximum Gasteiger partial charge on any atom is 0.0708 e. The minimum absolute atomic E-state index is 0.292. The number of nitrogens with one attached hydrogen (secondary N) is 1. The maximum atomic E-state index is 6.40. The molecule has 0 bridgehead atoms. The molecule has 1 unspecified atom stereocenters. The van der Waals surface area contributed by atoms with E-state index in [1.54, 1.807) is 0 Å². The highest BCUT2D eigenvalue weighted by Crippen LogP contribution is 2.41. The standard InChI is InChI=1S/C17H32N2O/c1-2-8-17(9-3-1)10-7-16(20-17)15-18-11-6-14-19-12-4-5-13-19/h16,18H,1-15H2. The Kier molecular flexibility index (Phi) is 5.36. The van der Waals surface area contributed by atoms with Crippen LogP contribution in [0, 0.1) is 0 Å². The van der Waals surface area contributed by atoms with Gasteiger partial charge >= 0.3 is 0 Å². The van der Waals surface area contributed by atoms with Crippen molar-refractivity contribution in [3.63, 3.8) is 0 Å². The molecule has 0 aromatic heterocycles. The van der Waals surface area contributed by atoms with Crippen molar-refractivity contribution in [2.24, 2.45) is 0 Å². The van der Waals surface area contributed by atoms with E-state index < -0.39 is 0 Å². The van der Waals surface area contributed by atoms with Gasteiger partial charge in [0.2, 0.25) is 0 Å². The SMILES string of the molecule is C1CCC2(CC1)CCC(CNCCCN1CCCC1)O2. The predicted molar refractivity (Wildman–Crippen MR) is 83.1 cm³/mol. The number of rotatable bonds is 6. The molecule has 1 atom stereocenters. The maximum absolute atomic E-state index is 6.40. The van der Waals surface area contributed by atoms with Crippen molar-refractivity contribution in [2.75, 3.05) is 32.7 Å². The van der Waals surface area contributed by atoms with E-state index in [1.165, 1.54) is 83.8 Å². The van der Waals surface area contributed by atoms with Crippen LogP contribution in [0.4, 0.5) is 0 Å². The Labute approximate surface area is 124 Å². The zero-order chi connectivity index (χ0) is 13.7. The second-order valence-corrected chi connectivity index (χ2v) is 7.13. The van der Waals surface area contributed by atoms with Gasteiger partial charge in [0.25, 0.3) is 0 Å². The fourth-order valence-electron chi connectivity index (χ4n) is 4.30. The summed E-state index contributed by atoms with van der Waals surface area (Å²) in [6.45, 7) is 6.16. The van der Waals surface area contributed by atoms with Gasteiger partial charge in [0.1, 0.15) is 0 Å². The molecule has 20 heavy (non-hydrogen) atoms. The van der Waals surface area contributed by atoms with E-state index in [0.29, 0.717) is 11.7 Å². The van der Waals surface area contributed by atoms with E-state index in [-0.39, 0.29) is 0 Å². The van der Waals surface area contributed by atoms with Crippen molar-refractivity contribution in [2.45, 2.75) is 75.9 Å². The molecule has 2 aliphatic heterocycles. The van der Waals surface area contributed by atoms with Crippen LogP contribution in [0.3, 0.4) is 0 Å². The van der Waals surface area contributed by atoms with Crippen molar-refractivity contribution < 1.29 is 4.74 Å². The Morgan fingerprint density at radius 3 is 2.60 bits per heavy atom. The van der Waals surface area contributed by atoms with Gasteiger partial charge in [-0.3, -0.25) is 0 Å². The van der Waals surface area contributed by atoms with Crippen LogP contribution >= 0.6 is 0 Å². The Hall–Kier alpha value is -0.120. The highest BCUT2D eigenvalue weighted by molar-refractivity contribution is 4.91. The largest absolute Gasteiger partial charge is 0.370 e. The summed E-state index contributed by atoms with van der Waals surface area (Å²) in [6, 6.07) is 0. The van der Waals surface area contributed by atoms with Crippen molar-refractivity contribution in [3.05, 3.63) is 0 Å². The molecule has 3 rings (SSSR count). The van der Waals surface area contributed by atoms with Gasteiger partial charge in [-0.2, -0.15) is 0 Å². The molecule has 1 saturated carbocycles. The molecule has 3 aliphatic rings. The first-order valence-corrected chi connectivity index (χ1v) is 8.97. The normalized spacial score (nSPS) is 30.3. The van der Waals surface area contributed by atoms with Crippen LogP contribution in [0.15, 0.2) is 0 Å². The van der Waals surface area contributed by atoms with Gasteiger partial charge in [-0.1, -0.05) is 19.3 Å². The smallest absolute Gasteiger partial charge is 0.0708 e. The topological polar surface area (TPSA) is 24.5 Å². The zero-order valence-corrected chi connectivity index (χ0v) is 13.0. The first-order chi connectivity index (χ1) is 9.86. The molecular weight excluding hydrogens is 248 g/mol. The van der Waals surface area contributed by atoms with Gasteiger partial charge in [0, 0.05) is 6.54 Å². The lowest BCUT2D eigenvalue weighted by Gasteiger charge is -2.33. The Bertz CT molecular complexity index is 283. The summed E-state index contributed by atoms with van der Waals surface area (Å²) in [6.07, 6.45) is 14.0. The second-order valence-electron chi connectivity index (χ2n) is 7.13. The Morgan fingerprint density at radius 1 is 1.00 bits per heavy atom. The number of hydrogen-bond donors (Lipinski definition) is 1. The van der Waals surface area contributed by atoms with Gasteiger partial charge in [-0.05, 0) is 71.1 Å². The molecule has 2 saturated heterocycles. The van der Waals surface area contributed by atoms with Crippen LogP contribution < -0.4 is 5.32 Å². The fourth-order valence-corrected chi connectivity index (χ4v) is 4.30. The summed E-state index contributed by atoms with van der Waals surface area (Å²) < 4.78 is 6.40. The third kappa shape index (κ3) is 3.96. The van der Waals surface area contributed by atoms with Crippen molar-refractivity contribution in [1.29, 1.82) is 0 Å². The molecule has 3 heteroatoms. The molecule has 1 spiro atoms. The lowest BCUT2D eigenvalue weighted by molar-refractivity contribution is -0.0623. The van der Waals surface area contributed by atoms with Gasteiger partial charge in [-0.15, -0.1) is 0 Å². The van der Waals surface area contributed by atoms with Gasteiger partial charge in [-0.25, -0.2) is 0 Å². The summed E-state index contributed by atoms with van der Waals surface area (Å²) in [4.78, 5) is 2.60. The summed E-state index contributed by atoms with van der Waals surface area (Å²) in [5, 5.41) is 3.62. The molecule has 0 aromatic rings. The van der Waals surface area contributed by atoms with Crippen LogP contribution in [-0.4, -0.2) is 49.3 Å². The zero-order valence-electron chi connectivity index (χ0n) is 13.0. The molecule has 3 fully saturated rings. The summed E-state index contributed by atoms with van der Waals surface area (Å²) in [5.41, 5.74) is 0.292. The molecular formula is C17H32N2O. The molecule has 116 valence electrons. The molecule has 3 nitrogen and oxygen atoms in total. The summed E-state index contributed by atoms with van der Waals surface area (Å²) in [7, 11) is 0. The molecule has 0 radical (unpaired) electrons. The van der Waals surface area contributed by atoms with E-state index in [1.807, 2.05) is 0 Å². The quantitative estimate of drug-likeness (QED) is 0.757. The van der Waals surface area contributed by atoms with Crippen LogP contribution in [0.5, 0.6) is 0 Å². The summed E-state index contributed by atoms with van der Waals surface area (Å²) >= 11 is 0. The first kappa shape index (κ1) is 14.8. The van der Waals surface area contributed by atoms with E-state index >= 15 is 0 Å². The average molecular weight is 280 g/mol. The predicted octanol–water partition coefficient (Wildman–Crippen LogP) is 2.94. The third-order valence-corrected chi connectivity index (χ3v) is 5.50. The minimum atomic E-state index is 0.292. The van der Waals surface area contributed by atoms with Gasteiger partial charge in [0.15, 0.2) is 0 Å². The van der Waals surface area contributed by atoms with Crippen LogP contribution in [0.25, 0.3) is 0 Å². The van der Waals surface area contributed by atoms with Crippen LogP contribution in [0.1, 0.15) is 64.2 Å². The fraction of sp³-hybridized carbons (Fsp3) is 1.00. The third-order valence-electron chi connectivity index (χ3n) is 5.50.